The van der Waals surface area contributed by atoms with E-state index in [0.717, 1.165) is 11.4 Å². The van der Waals surface area contributed by atoms with Crippen LogP contribution in [0.25, 0.3) is 0 Å². The Labute approximate surface area is 63.4 Å². The number of hydrogen-bond acceptors (Lipinski definition) is 3. The summed E-state index contributed by atoms with van der Waals surface area (Å²) < 4.78 is 1.66. The van der Waals surface area contributed by atoms with Gasteiger partial charge in [0.1, 0.15) is 11.4 Å². The summed E-state index contributed by atoms with van der Waals surface area (Å²) in [4.78, 5) is 0. The van der Waals surface area contributed by atoms with E-state index < -0.39 is 0 Å². The summed E-state index contributed by atoms with van der Waals surface area (Å²) in [5.41, 5.74) is 5.38. The molecule has 1 aromatic heterocycles. The van der Waals surface area contributed by atoms with Crippen LogP contribution in [0.3, 0.4) is 0 Å². The molecular formula is C6H6N5. The number of aromatic nitrogens is 3. The van der Waals surface area contributed by atoms with Gasteiger partial charge >= 0.3 is 0 Å². The van der Waals surface area contributed by atoms with Crippen LogP contribution in [0.4, 0.5) is 0 Å². The zero-order valence-corrected chi connectivity index (χ0v) is 5.97. The summed E-state index contributed by atoms with van der Waals surface area (Å²) in [6.07, 6.45) is 5.12. The van der Waals surface area contributed by atoms with Gasteiger partial charge in [-0.2, -0.15) is 5.43 Å². The van der Waals surface area contributed by atoms with Gasteiger partial charge in [0.15, 0.2) is 0 Å². The average Bonchev–Trinajstić information content (AvgIpc) is 2.55. The molecule has 0 fully saturated rings. The van der Waals surface area contributed by atoms with E-state index in [0.29, 0.717) is 0 Å². The maximum absolute atomic E-state index is 3.87. The Balaban J connectivity index is 2.43. The molecule has 0 unspecified atom stereocenters. The van der Waals surface area contributed by atoms with E-state index in [1.54, 1.807) is 17.1 Å². The predicted octanol–water partition coefficient (Wildman–Crippen LogP) is -0.349. The Bertz CT molecular complexity index is 321. The second-order valence-electron chi connectivity index (χ2n) is 2.16. The zero-order chi connectivity index (χ0) is 7.68. The minimum absolute atomic E-state index is 0.803. The van der Waals surface area contributed by atoms with Gasteiger partial charge < -0.3 is 0 Å². The molecule has 11 heavy (non-hydrogen) atoms. The first kappa shape index (κ1) is 6.09. The SMILES string of the molecule is Cn1nncc1C1=N[N]C=C1. The van der Waals surface area contributed by atoms with Crippen molar-refractivity contribution in [3.63, 3.8) is 0 Å². The number of allylic oxidation sites excluding steroid dienone is 1. The van der Waals surface area contributed by atoms with Gasteiger partial charge in [-0.25, -0.2) is 4.68 Å². The Morgan fingerprint density at radius 1 is 1.45 bits per heavy atom. The lowest BCUT2D eigenvalue weighted by atomic mass is 10.3. The van der Waals surface area contributed by atoms with Crippen molar-refractivity contribution in [2.75, 3.05) is 0 Å². The van der Waals surface area contributed by atoms with Gasteiger partial charge in [0, 0.05) is 7.05 Å². The fourth-order valence-electron chi connectivity index (χ4n) is 0.891. The second kappa shape index (κ2) is 2.19. The highest BCUT2D eigenvalue weighted by atomic mass is 15.4. The molecule has 0 aliphatic carbocycles. The zero-order valence-electron chi connectivity index (χ0n) is 5.97. The van der Waals surface area contributed by atoms with Crippen LogP contribution < -0.4 is 5.43 Å². The van der Waals surface area contributed by atoms with E-state index in [4.69, 9.17) is 0 Å². The van der Waals surface area contributed by atoms with Crippen molar-refractivity contribution < 1.29 is 0 Å². The Hall–Kier alpha value is -1.65. The monoisotopic (exact) mass is 148 g/mol. The van der Waals surface area contributed by atoms with E-state index in [1.807, 2.05) is 13.1 Å². The molecule has 0 bridgehead atoms. The second-order valence-corrected chi connectivity index (χ2v) is 2.16. The lowest BCUT2D eigenvalue weighted by Gasteiger charge is -1.93. The average molecular weight is 148 g/mol. The first-order chi connectivity index (χ1) is 5.38. The Morgan fingerprint density at radius 2 is 2.36 bits per heavy atom. The maximum Gasteiger partial charge on any atom is 0.114 e. The van der Waals surface area contributed by atoms with Gasteiger partial charge in [-0.3, -0.25) is 0 Å². The molecular weight excluding hydrogens is 142 g/mol. The Kier molecular flexibility index (Phi) is 1.21. The van der Waals surface area contributed by atoms with Crippen molar-refractivity contribution in [3.8, 4) is 0 Å². The van der Waals surface area contributed by atoms with Crippen molar-refractivity contribution >= 4 is 5.71 Å². The molecule has 55 valence electrons. The summed E-state index contributed by atoms with van der Waals surface area (Å²) in [5.74, 6) is 0. The fourth-order valence-corrected chi connectivity index (χ4v) is 0.891. The van der Waals surface area contributed by atoms with Gasteiger partial charge in [-0.15, -0.1) is 10.2 Å². The molecule has 0 amide bonds. The third kappa shape index (κ3) is 0.899. The van der Waals surface area contributed by atoms with Gasteiger partial charge in [-0.05, 0) is 6.08 Å². The van der Waals surface area contributed by atoms with E-state index >= 15 is 0 Å². The summed E-state index contributed by atoms with van der Waals surface area (Å²) in [6, 6.07) is 0. The van der Waals surface area contributed by atoms with Crippen molar-refractivity contribution in [2.45, 2.75) is 0 Å². The van der Waals surface area contributed by atoms with Crippen LogP contribution in [0.1, 0.15) is 5.69 Å². The fraction of sp³-hybridized carbons (Fsp3) is 0.167. The third-order valence-electron chi connectivity index (χ3n) is 1.44. The highest BCUT2D eigenvalue weighted by Gasteiger charge is 2.08. The molecule has 0 saturated carbocycles. The molecule has 2 rings (SSSR count). The van der Waals surface area contributed by atoms with E-state index in [-0.39, 0.29) is 0 Å². The summed E-state index contributed by atoms with van der Waals surface area (Å²) in [6.45, 7) is 0. The van der Waals surface area contributed by atoms with Crippen LogP contribution >= 0.6 is 0 Å². The molecule has 1 aromatic rings. The lowest BCUT2D eigenvalue weighted by Crippen LogP contribution is -2.03. The lowest BCUT2D eigenvalue weighted by molar-refractivity contribution is 0.709. The van der Waals surface area contributed by atoms with Gasteiger partial charge in [0.05, 0.1) is 12.4 Å². The minimum Gasteiger partial charge on any atom is -0.246 e. The van der Waals surface area contributed by atoms with Crippen LogP contribution in [0.2, 0.25) is 0 Å². The molecule has 0 aromatic carbocycles. The van der Waals surface area contributed by atoms with Crippen LogP contribution in [-0.2, 0) is 7.05 Å². The van der Waals surface area contributed by atoms with E-state index in [2.05, 4.69) is 20.8 Å². The van der Waals surface area contributed by atoms with Crippen molar-refractivity contribution in [2.24, 2.45) is 12.1 Å². The summed E-state index contributed by atoms with van der Waals surface area (Å²) in [7, 11) is 1.82. The molecule has 1 radical (unpaired) electrons. The summed E-state index contributed by atoms with van der Waals surface area (Å²) >= 11 is 0. The first-order valence-electron chi connectivity index (χ1n) is 3.17. The van der Waals surface area contributed by atoms with Gasteiger partial charge in [-0.1, -0.05) is 5.21 Å². The smallest absolute Gasteiger partial charge is 0.114 e. The topological polar surface area (TPSA) is 57.2 Å². The highest BCUT2D eigenvalue weighted by molar-refractivity contribution is 6.08. The third-order valence-corrected chi connectivity index (χ3v) is 1.44. The van der Waals surface area contributed by atoms with Crippen molar-refractivity contribution in [3.05, 3.63) is 24.2 Å². The maximum atomic E-state index is 3.87. The molecule has 1 aliphatic rings. The first-order valence-corrected chi connectivity index (χ1v) is 3.17. The molecule has 5 heteroatoms. The summed E-state index contributed by atoms with van der Waals surface area (Å²) in [5, 5.41) is 11.4. The van der Waals surface area contributed by atoms with E-state index in [1.165, 1.54) is 0 Å². The largest absolute Gasteiger partial charge is 0.246 e. The van der Waals surface area contributed by atoms with E-state index in [9.17, 15) is 0 Å². The molecule has 2 heterocycles. The number of hydrogen-bond donors (Lipinski definition) is 0. The van der Waals surface area contributed by atoms with Crippen LogP contribution in [0, 0.1) is 0 Å². The van der Waals surface area contributed by atoms with Crippen LogP contribution in [0.5, 0.6) is 0 Å². The Morgan fingerprint density at radius 3 is 2.91 bits per heavy atom. The quantitative estimate of drug-likeness (QED) is 0.546. The van der Waals surface area contributed by atoms with Gasteiger partial charge in [0.2, 0.25) is 0 Å². The molecule has 0 atom stereocenters. The molecule has 0 saturated heterocycles. The molecule has 1 aliphatic heterocycles. The van der Waals surface area contributed by atoms with Crippen LogP contribution in [-0.4, -0.2) is 20.7 Å². The molecule has 0 N–H and O–H groups in total. The van der Waals surface area contributed by atoms with Crippen molar-refractivity contribution in [1.29, 1.82) is 0 Å². The highest BCUT2D eigenvalue weighted by Crippen LogP contribution is 2.01. The van der Waals surface area contributed by atoms with Gasteiger partial charge in [0.25, 0.3) is 0 Å². The predicted molar refractivity (Wildman–Crippen MR) is 38.8 cm³/mol. The number of aryl methyl sites for hydroxylation is 1. The molecule has 0 spiro atoms. The standard InChI is InChI=1S/C6H6N5/c1-11-6(4-8-10-11)5-2-3-7-9-5/h2-4H,1H3. The van der Waals surface area contributed by atoms with Crippen molar-refractivity contribution in [1.82, 2.24) is 20.4 Å². The number of rotatable bonds is 1. The number of nitrogens with zero attached hydrogens (tertiary/aromatic N) is 5. The normalized spacial score (nSPS) is 14.8. The molecule has 5 nitrogen and oxygen atoms in total. The van der Waals surface area contributed by atoms with Crippen LogP contribution in [0.15, 0.2) is 23.6 Å². The minimum atomic E-state index is 0.803.